The Bertz CT molecular complexity index is 252. The Balaban J connectivity index is 2.53. The van der Waals surface area contributed by atoms with Gasteiger partial charge in [-0.05, 0) is 6.42 Å². The molecule has 0 fully saturated rings. The molecule has 0 aliphatic heterocycles. The van der Waals surface area contributed by atoms with Gasteiger partial charge in [-0.2, -0.15) is 4.98 Å². The highest BCUT2D eigenvalue weighted by molar-refractivity contribution is 9.09. The molecule has 4 nitrogen and oxygen atoms in total. The number of hydrogen-bond donors (Lipinski definition) is 0. The van der Waals surface area contributed by atoms with Crippen LogP contribution in [-0.4, -0.2) is 23.9 Å². The quantitative estimate of drug-likeness (QED) is 0.750. The van der Waals surface area contributed by atoms with Gasteiger partial charge in [-0.15, -0.1) is 0 Å². The van der Waals surface area contributed by atoms with Crippen molar-refractivity contribution < 1.29 is 9.26 Å². The molecule has 0 aliphatic carbocycles. The van der Waals surface area contributed by atoms with Gasteiger partial charge in [0.1, 0.15) is 0 Å². The van der Waals surface area contributed by atoms with Gasteiger partial charge in [-0.25, -0.2) is 0 Å². The molecule has 0 aromatic carbocycles. The molecule has 1 aromatic rings. The average molecular weight is 249 g/mol. The topological polar surface area (TPSA) is 48.2 Å². The summed E-state index contributed by atoms with van der Waals surface area (Å²) in [5.41, 5.74) is 0. The molecule has 1 heterocycles. The van der Waals surface area contributed by atoms with Gasteiger partial charge in [0.05, 0.1) is 11.4 Å². The summed E-state index contributed by atoms with van der Waals surface area (Å²) in [5, 5.41) is 3.83. The van der Waals surface area contributed by atoms with E-state index in [1.54, 1.807) is 7.11 Å². The second-order valence-electron chi connectivity index (χ2n) is 2.67. The van der Waals surface area contributed by atoms with Crippen LogP contribution in [0.3, 0.4) is 0 Å². The number of alkyl halides is 1. The number of aromatic nitrogens is 2. The van der Waals surface area contributed by atoms with Crippen LogP contribution in [-0.2, 0) is 11.2 Å². The first kappa shape index (κ1) is 10.7. The Morgan fingerprint density at radius 3 is 3.00 bits per heavy atom. The van der Waals surface area contributed by atoms with Crippen molar-refractivity contribution in [3.63, 3.8) is 0 Å². The summed E-state index contributed by atoms with van der Waals surface area (Å²) >= 11 is 3.44. The van der Waals surface area contributed by atoms with E-state index in [0.717, 1.165) is 6.42 Å². The molecular formula is C8H13BrN2O2. The smallest absolute Gasteiger partial charge is 0.240 e. The fourth-order valence-electron chi connectivity index (χ4n) is 0.864. The van der Waals surface area contributed by atoms with E-state index in [4.69, 9.17) is 9.26 Å². The molecule has 1 atom stereocenters. The van der Waals surface area contributed by atoms with E-state index < -0.39 is 0 Å². The second kappa shape index (κ2) is 5.34. The van der Waals surface area contributed by atoms with Crippen molar-refractivity contribution in [3.8, 4) is 0 Å². The third kappa shape index (κ3) is 3.08. The summed E-state index contributed by atoms with van der Waals surface area (Å²) in [5.74, 6) is 1.35. The van der Waals surface area contributed by atoms with E-state index in [2.05, 4.69) is 33.0 Å². The Labute approximate surface area is 85.8 Å². The lowest BCUT2D eigenvalue weighted by atomic mass is 10.3. The highest BCUT2D eigenvalue weighted by atomic mass is 79.9. The first-order valence-corrected chi connectivity index (χ1v) is 5.15. The van der Waals surface area contributed by atoms with E-state index in [1.165, 1.54) is 0 Å². The molecule has 0 aliphatic rings. The molecule has 1 unspecified atom stereocenters. The molecule has 1 rings (SSSR count). The van der Waals surface area contributed by atoms with Gasteiger partial charge in [0.25, 0.3) is 0 Å². The molecule has 0 saturated heterocycles. The maximum atomic E-state index is 5.05. The van der Waals surface area contributed by atoms with Crippen LogP contribution in [0.15, 0.2) is 4.52 Å². The maximum absolute atomic E-state index is 5.05. The van der Waals surface area contributed by atoms with Crippen molar-refractivity contribution in [1.82, 2.24) is 10.1 Å². The zero-order chi connectivity index (χ0) is 9.68. The van der Waals surface area contributed by atoms with Gasteiger partial charge in [0.15, 0.2) is 5.82 Å². The van der Waals surface area contributed by atoms with Crippen LogP contribution in [0.2, 0.25) is 0 Å². The van der Waals surface area contributed by atoms with Crippen LogP contribution < -0.4 is 0 Å². The monoisotopic (exact) mass is 248 g/mol. The number of methoxy groups -OCH3 is 1. The lowest BCUT2D eigenvalue weighted by Crippen LogP contribution is -1.96. The molecule has 0 bridgehead atoms. The molecule has 5 heteroatoms. The van der Waals surface area contributed by atoms with Crippen LogP contribution in [0, 0.1) is 0 Å². The summed E-state index contributed by atoms with van der Waals surface area (Å²) < 4.78 is 9.96. The Hall–Kier alpha value is -0.420. The van der Waals surface area contributed by atoms with Crippen LogP contribution in [0.4, 0.5) is 0 Å². The summed E-state index contributed by atoms with van der Waals surface area (Å²) in [6.07, 6.45) is 1.63. The minimum Gasteiger partial charge on any atom is -0.384 e. The van der Waals surface area contributed by atoms with Crippen LogP contribution in [0.5, 0.6) is 0 Å². The van der Waals surface area contributed by atoms with Gasteiger partial charge in [-0.3, -0.25) is 0 Å². The van der Waals surface area contributed by atoms with E-state index in [1.807, 2.05) is 0 Å². The second-order valence-corrected chi connectivity index (χ2v) is 3.77. The zero-order valence-corrected chi connectivity index (χ0v) is 9.37. The largest absolute Gasteiger partial charge is 0.384 e. The number of hydrogen-bond acceptors (Lipinski definition) is 4. The molecule has 1 aromatic heterocycles. The molecule has 0 spiro atoms. The average Bonchev–Trinajstić information content (AvgIpc) is 2.62. The Morgan fingerprint density at radius 2 is 2.38 bits per heavy atom. The molecular weight excluding hydrogens is 236 g/mol. The number of halogens is 1. The van der Waals surface area contributed by atoms with Crippen molar-refractivity contribution in [2.75, 3.05) is 13.7 Å². The summed E-state index contributed by atoms with van der Waals surface area (Å²) in [6.45, 7) is 2.68. The minimum atomic E-state index is 0.163. The third-order valence-corrected chi connectivity index (χ3v) is 2.68. The van der Waals surface area contributed by atoms with E-state index in [0.29, 0.717) is 24.7 Å². The first-order valence-electron chi connectivity index (χ1n) is 4.23. The Morgan fingerprint density at radius 1 is 1.62 bits per heavy atom. The zero-order valence-electron chi connectivity index (χ0n) is 7.79. The summed E-state index contributed by atoms with van der Waals surface area (Å²) in [7, 11) is 1.65. The van der Waals surface area contributed by atoms with Crippen molar-refractivity contribution in [3.05, 3.63) is 11.7 Å². The highest BCUT2D eigenvalue weighted by Crippen LogP contribution is 2.23. The van der Waals surface area contributed by atoms with Crippen molar-refractivity contribution in [2.45, 2.75) is 24.6 Å². The first-order chi connectivity index (χ1) is 6.27. The van der Waals surface area contributed by atoms with E-state index in [9.17, 15) is 0 Å². The minimum absolute atomic E-state index is 0.163. The lowest BCUT2D eigenvalue weighted by Gasteiger charge is -1.96. The predicted octanol–water partition coefficient (Wildman–Crippen LogP) is 2.10. The van der Waals surface area contributed by atoms with E-state index in [-0.39, 0.29) is 4.83 Å². The van der Waals surface area contributed by atoms with Crippen LogP contribution in [0.1, 0.15) is 29.9 Å². The molecule has 13 heavy (non-hydrogen) atoms. The van der Waals surface area contributed by atoms with Gasteiger partial charge >= 0.3 is 0 Å². The number of ether oxygens (including phenoxy) is 1. The summed E-state index contributed by atoms with van der Waals surface area (Å²) in [4.78, 5) is 4.38. The standard InChI is InChI=1S/C8H13BrN2O2/c1-3-6(9)8-10-7(11-13-8)4-5-12-2/h6H,3-5H2,1-2H3. The molecule has 74 valence electrons. The van der Waals surface area contributed by atoms with Crippen molar-refractivity contribution in [1.29, 1.82) is 0 Å². The summed E-state index contributed by atoms with van der Waals surface area (Å²) in [6, 6.07) is 0. The number of nitrogens with zero attached hydrogens (tertiary/aromatic N) is 2. The maximum Gasteiger partial charge on any atom is 0.240 e. The van der Waals surface area contributed by atoms with Crippen LogP contribution in [0.25, 0.3) is 0 Å². The van der Waals surface area contributed by atoms with Gasteiger partial charge in [0.2, 0.25) is 5.89 Å². The van der Waals surface area contributed by atoms with Crippen molar-refractivity contribution >= 4 is 15.9 Å². The highest BCUT2D eigenvalue weighted by Gasteiger charge is 2.13. The van der Waals surface area contributed by atoms with Gasteiger partial charge < -0.3 is 9.26 Å². The number of rotatable bonds is 5. The lowest BCUT2D eigenvalue weighted by molar-refractivity contribution is 0.199. The van der Waals surface area contributed by atoms with Gasteiger partial charge in [0, 0.05) is 13.5 Å². The normalized spacial score (nSPS) is 13.2. The predicted molar refractivity (Wildman–Crippen MR) is 51.8 cm³/mol. The fraction of sp³-hybridized carbons (Fsp3) is 0.750. The SMILES string of the molecule is CCC(Br)c1nc(CCOC)no1. The molecule has 0 radical (unpaired) electrons. The van der Waals surface area contributed by atoms with Crippen LogP contribution >= 0.6 is 15.9 Å². The van der Waals surface area contributed by atoms with Gasteiger partial charge in [-0.1, -0.05) is 28.0 Å². The van der Waals surface area contributed by atoms with Crippen molar-refractivity contribution in [2.24, 2.45) is 0 Å². The molecule has 0 saturated carbocycles. The molecule has 0 N–H and O–H groups in total. The van der Waals surface area contributed by atoms with E-state index >= 15 is 0 Å². The fourth-order valence-corrected chi connectivity index (χ4v) is 1.05. The molecule has 0 amide bonds. The Kier molecular flexibility index (Phi) is 4.38. The third-order valence-electron chi connectivity index (χ3n) is 1.64.